The Balaban J connectivity index is 1.84. The molecule has 0 saturated heterocycles. The summed E-state index contributed by atoms with van der Waals surface area (Å²) in [6.07, 6.45) is 3.12. The maximum atomic E-state index is 13.7. The Morgan fingerprint density at radius 3 is 2.55 bits per heavy atom. The number of benzene rings is 2. The maximum Gasteiger partial charge on any atom is 0.317 e. The number of phenolic OH excluding ortho intramolecular Hbond substituents is 1. The van der Waals surface area contributed by atoms with Crippen LogP contribution >= 0.6 is 0 Å². The zero-order valence-electron chi connectivity index (χ0n) is 17.8. The highest BCUT2D eigenvalue weighted by molar-refractivity contribution is 6.30. The van der Waals surface area contributed by atoms with E-state index in [1.807, 2.05) is 0 Å². The third-order valence-corrected chi connectivity index (χ3v) is 5.61. The highest BCUT2D eigenvalue weighted by Gasteiger charge is 2.39. The largest absolute Gasteiger partial charge is 0.507 e. The van der Waals surface area contributed by atoms with E-state index in [4.69, 9.17) is 5.84 Å². The molecule has 0 aromatic heterocycles. The highest BCUT2D eigenvalue weighted by atomic mass is 19.1. The van der Waals surface area contributed by atoms with Crippen molar-refractivity contribution in [1.29, 1.82) is 0 Å². The number of carbonyl (C=O) groups is 2. The number of nitrogens with one attached hydrogen (secondary N) is 1. The first kappa shape index (κ1) is 22.0. The highest BCUT2D eigenvalue weighted by Crippen LogP contribution is 2.39. The van der Waals surface area contributed by atoms with Crippen molar-refractivity contribution in [2.75, 3.05) is 5.01 Å². The number of nitrogens with zero attached hydrogens (tertiary/aromatic N) is 2. The molecule has 0 radical (unpaired) electrons. The Kier molecular flexibility index (Phi) is 5.57. The van der Waals surface area contributed by atoms with E-state index in [9.17, 15) is 24.2 Å². The number of anilines is 1. The minimum absolute atomic E-state index is 0.0438. The van der Waals surface area contributed by atoms with Crippen molar-refractivity contribution in [2.45, 2.75) is 13.8 Å². The maximum absolute atomic E-state index is 13.7. The molecule has 0 bridgehead atoms. The Bertz CT molecular complexity index is 1310. The Hall–Kier alpha value is -4.24. The number of carbonyl (C=O) groups excluding carboxylic acids is 1. The molecular weight excluding hydrogens is 427 g/mol. The molecule has 5 N–H and O–H groups in total. The lowest BCUT2D eigenvalue weighted by molar-refractivity contribution is -0.139. The number of hydrogen-bond donors (Lipinski definition) is 4. The number of carboxylic acids is 1. The van der Waals surface area contributed by atoms with Crippen LogP contribution in [0.4, 0.5) is 10.1 Å². The number of aliphatic carboxylic acids is 1. The molecule has 2 aromatic carbocycles. The van der Waals surface area contributed by atoms with Gasteiger partial charge in [0.25, 0.3) is 5.91 Å². The van der Waals surface area contributed by atoms with Gasteiger partial charge in [0.2, 0.25) is 0 Å². The van der Waals surface area contributed by atoms with Gasteiger partial charge in [0.05, 0.1) is 22.7 Å². The van der Waals surface area contributed by atoms with Gasteiger partial charge < -0.3 is 15.6 Å². The number of nitrogens with two attached hydrogens (primary N) is 1. The second-order valence-corrected chi connectivity index (χ2v) is 7.66. The number of carboxylic acid groups (broad SMARTS) is 1. The second kappa shape index (κ2) is 8.36. The van der Waals surface area contributed by atoms with Gasteiger partial charge in [-0.1, -0.05) is 30.4 Å². The standard InChI is InChI=1S/C24H21FN4O4/c1-12-11-14(7-10-18(12)25)29-23(31)20(13(2)28-29)17-9-8-16(15-5-3-4-6-19(15)30)22(27-26)21(17)24(32)33/h3-11,21,27,30H,26H2,1-2H3,(H,32,33). The monoisotopic (exact) mass is 448 g/mol. The van der Waals surface area contributed by atoms with Crippen molar-refractivity contribution in [3.8, 4) is 5.75 Å². The molecule has 1 aliphatic carbocycles. The third kappa shape index (κ3) is 3.68. The van der Waals surface area contributed by atoms with Crippen LogP contribution in [-0.4, -0.2) is 27.8 Å². The van der Waals surface area contributed by atoms with Gasteiger partial charge >= 0.3 is 5.97 Å². The van der Waals surface area contributed by atoms with Gasteiger partial charge in [-0.2, -0.15) is 10.1 Å². The number of para-hydroxylation sites is 1. The van der Waals surface area contributed by atoms with Crippen molar-refractivity contribution >= 4 is 28.8 Å². The summed E-state index contributed by atoms with van der Waals surface area (Å²) < 4.78 is 13.7. The van der Waals surface area contributed by atoms with Gasteiger partial charge in [0.1, 0.15) is 17.5 Å². The van der Waals surface area contributed by atoms with Crippen LogP contribution in [0.15, 0.2) is 76.6 Å². The minimum Gasteiger partial charge on any atom is -0.507 e. The van der Waals surface area contributed by atoms with E-state index in [0.717, 1.165) is 5.01 Å². The van der Waals surface area contributed by atoms with Crippen molar-refractivity contribution in [2.24, 2.45) is 16.9 Å². The summed E-state index contributed by atoms with van der Waals surface area (Å²) >= 11 is 0. The first-order chi connectivity index (χ1) is 15.7. The summed E-state index contributed by atoms with van der Waals surface area (Å²) in [4.78, 5) is 25.6. The number of amides is 1. The van der Waals surface area contributed by atoms with Crippen molar-refractivity contribution < 1.29 is 24.2 Å². The molecule has 1 atom stereocenters. The topological polar surface area (TPSA) is 128 Å². The smallest absolute Gasteiger partial charge is 0.317 e. The normalized spacial score (nSPS) is 20.4. The molecule has 1 unspecified atom stereocenters. The van der Waals surface area contributed by atoms with Crippen LogP contribution in [0.1, 0.15) is 18.1 Å². The minimum atomic E-state index is -1.31. The predicted octanol–water partition coefficient (Wildman–Crippen LogP) is 3.00. The van der Waals surface area contributed by atoms with Crippen LogP contribution < -0.4 is 16.3 Å². The lowest BCUT2D eigenvalue weighted by Gasteiger charge is -2.26. The van der Waals surface area contributed by atoms with Crippen LogP contribution in [0, 0.1) is 18.7 Å². The van der Waals surface area contributed by atoms with Gasteiger partial charge in [-0.05, 0) is 49.2 Å². The van der Waals surface area contributed by atoms with Crippen LogP contribution in [0.2, 0.25) is 0 Å². The number of halogens is 1. The number of allylic oxidation sites excluding steroid dienone is 3. The molecule has 8 nitrogen and oxygen atoms in total. The summed E-state index contributed by atoms with van der Waals surface area (Å²) in [5.41, 5.74) is 4.68. The fourth-order valence-corrected chi connectivity index (χ4v) is 4.03. The first-order valence-electron chi connectivity index (χ1n) is 10.0. The summed E-state index contributed by atoms with van der Waals surface area (Å²) in [5, 5.41) is 25.7. The molecule has 0 fully saturated rings. The number of rotatable bonds is 4. The SMILES string of the molecule is CC1=NN(c2ccc(F)c(C)c2)C(=O)C1=C1C=CC(c2ccccc2O)=C(NN)C1C(=O)O. The molecule has 168 valence electrons. The molecule has 4 rings (SSSR count). The number of aromatic hydroxyl groups is 1. The average Bonchev–Trinajstić information content (AvgIpc) is 3.08. The number of aryl methyl sites for hydroxylation is 1. The summed E-state index contributed by atoms with van der Waals surface area (Å²) in [6, 6.07) is 10.6. The number of hydrazine groups is 1. The van der Waals surface area contributed by atoms with E-state index >= 15 is 0 Å². The van der Waals surface area contributed by atoms with Crippen molar-refractivity contribution in [3.05, 3.63) is 88.4 Å². The predicted molar refractivity (Wildman–Crippen MR) is 121 cm³/mol. The van der Waals surface area contributed by atoms with Gasteiger partial charge in [-0.15, -0.1) is 0 Å². The fourth-order valence-electron chi connectivity index (χ4n) is 4.03. The number of hydrazone groups is 1. The Morgan fingerprint density at radius 2 is 1.91 bits per heavy atom. The van der Waals surface area contributed by atoms with Crippen LogP contribution in [0.3, 0.4) is 0 Å². The average molecular weight is 448 g/mol. The second-order valence-electron chi connectivity index (χ2n) is 7.66. The zero-order valence-corrected chi connectivity index (χ0v) is 17.8. The lowest BCUT2D eigenvalue weighted by atomic mass is 9.81. The Morgan fingerprint density at radius 1 is 1.18 bits per heavy atom. The summed E-state index contributed by atoms with van der Waals surface area (Å²) in [6.45, 7) is 3.17. The molecule has 0 saturated carbocycles. The van der Waals surface area contributed by atoms with Crippen LogP contribution in [0.25, 0.3) is 5.57 Å². The molecular formula is C24H21FN4O4. The van der Waals surface area contributed by atoms with E-state index in [0.29, 0.717) is 28.1 Å². The van der Waals surface area contributed by atoms with E-state index in [2.05, 4.69) is 10.5 Å². The van der Waals surface area contributed by atoms with Crippen LogP contribution in [-0.2, 0) is 9.59 Å². The van der Waals surface area contributed by atoms with E-state index in [-0.39, 0.29) is 22.6 Å². The quantitative estimate of drug-likeness (QED) is 0.323. The van der Waals surface area contributed by atoms with E-state index < -0.39 is 23.6 Å². The number of hydrogen-bond acceptors (Lipinski definition) is 6. The fraction of sp³-hybridized carbons (Fsp3) is 0.125. The summed E-state index contributed by atoms with van der Waals surface area (Å²) in [7, 11) is 0. The molecule has 9 heteroatoms. The zero-order chi connectivity index (χ0) is 23.9. The Labute approximate surface area is 188 Å². The van der Waals surface area contributed by atoms with E-state index in [1.54, 1.807) is 38.1 Å². The number of phenols is 1. The van der Waals surface area contributed by atoms with Gasteiger partial charge in [0, 0.05) is 11.1 Å². The molecule has 1 amide bonds. The van der Waals surface area contributed by atoms with E-state index in [1.165, 1.54) is 30.3 Å². The van der Waals surface area contributed by atoms with Crippen molar-refractivity contribution in [3.63, 3.8) is 0 Å². The molecule has 2 aromatic rings. The molecule has 1 heterocycles. The molecule has 33 heavy (non-hydrogen) atoms. The molecule has 1 aliphatic heterocycles. The van der Waals surface area contributed by atoms with Gasteiger partial charge in [-0.25, -0.2) is 4.39 Å². The molecule has 2 aliphatic rings. The van der Waals surface area contributed by atoms with Crippen molar-refractivity contribution in [1.82, 2.24) is 5.43 Å². The lowest BCUT2D eigenvalue weighted by Crippen LogP contribution is -2.35. The van der Waals surface area contributed by atoms with Crippen LogP contribution in [0.5, 0.6) is 5.75 Å². The first-order valence-corrected chi connectivity index (χ1v) is 10.0. The van der Waals surface area contributed by atoms with Gasteiger partial charge in [0.15, 0.2) is 0 Å². The molecule has 0 spiro atoms. The summed E-state index contributed by atoms with van der Waals surface area (Å²) in [5.74, 6) is 2.18. The van der Waals surface area contributed by atoms with Gasteiger partial charge in [-0.3, -0.25) is 15.4 Å². The third-order valence-electron chi connectivity index (χ3n) is 5.61.